The molecule has 2 rings (SSSR count). The standard InChI is InChI=1S/C14H18FN3O3/c15-11-2-1-9(14(20)21)7-12(11)17-13(19)8-18-5-3-10(16)4-6-18/h1-2,7,10H,3-6,8,16H2,(H,17,19)(H,20,21). The zero-order chi connectivity index (χ0) is 15.4. The van der Waals surface area contributed by atoms with Crippen molar-refractivity contribution in [2.24, 2.45) is 5.73 Å². The molecule has 0 bridgehead atoms. The van der Waals surface area contributed by atoms with Crippen molar-refractivity contribution in [2.75, 3.05) is 25.0 Å². The summed E-state index contributed by atoms with van der Waals surface area (Å²) < 4.78 is 13.6. The van der Waals surface area contributed by atoms with Crippen LogP contribution in [-0.4, -0.2) is 47.6 Å². The van der Waals surface area contributed by atoms with E-state index < -0.39 is 11.8 Å². The zero-order valence-corrected chi connectivity index (χ0v) is 11.5. The van der Waals surface area contributed by atoms with E-state index in [-0.39, 0.29) is 29.7 Å². The molecule has 6 nitrogen and oxygen atoms in total. The van der Waals surface area contributed by atoms with Gasteiger partial charge in [-0.2, -0.15) is 0 Å². The van der Waals surface area contributed by atoms with E-state index in [9.17, 15) is 14.0 Å². The third-order valence-electron chi connectivity index (χ3n) is 3.49. The topological polar surface area (TPSA) is 95.7 Å². The number of nitrogens with one attached hydrogen (secondary N) is 1. The summed E-state index contributed by atoms with van der Waals surface area (Å²) >= 11 is 0. The molecule has 1 fully saturated rings. The Bertz CT molecular complexity index is 542. The van der Waals surface area contributed by atoms with Gasteiger partial charge in [0.2, 0.25) is 5.91 Å². The third kappa shape index (κ3) is 4.24. The fraction of sp³-hybridized carbons (Fsp3) is 0.429. The predicted molar refractivity (Wildman–Crippen MR) is 75.6 cm³/mol. The van der Waals surface area contributed by atoms with Gasteiger partial charge in [0, 0.05) is 19.1 Å². The average Bonchev–Trinajstić information content (AvgIpc) is 2.43. The van der Waals surface area contributed by atoms with Gasteiger partial charge in [-0.25, -0.2) is 9.18 Å². The van der Waals surface area contributed by atoms with Gasteiger partial charge < -0.3 is 16.2 Å². The van der Waals surface area contributed by atoms with Gasteiger partial charge in [-0.3, -0.25) is 9.69 Å². The number of halogens is 1. The molecule has 0 saturated carbocycles. The van der Waals surface area contributed by atoms with Crippen molar-refractivity contribution in [3.05, 3.63) is 29.6 Å². The smallest absolute Gasteiger partial charge is 0.335 e. The van der Waals surface area contributed by atoms with E-state index in [1.165, 1.54) is 0 Å². The van der Waals surface area contributed by atoms with Crippen LogP contribution in [0.15, 0.2) is 18.2 Å². The van der Waals surface area contributed by atoms with Crippen LogP contribution in [0.25, 0.3) is 0 Å². The van der Waals surface area contributed by atoms with Gasteiger partial charge in [0.15, 0.2) is 0 Å². The molecule has 1 aliphatic heterocycles. The van der Waals surface area contributed by atoms with Crippen LogP contribution >= 0.6 is 0 Å². The summed E-state index contributed by atoms with van der Waals surface area (Å²) in [5, 5.41) is 11.3. The number of piperidine rings is 1. The van der Waals surface area contributed by atoms with Crippen LogP contribution < -0.4 is 11.1 Å². The van der Waals surface area contributed by atoms with Crippen molar-refractivity contribution in [2.45, 2.75) is 18.9 Å². The number of amides is 1. The fourth-order valence-electron chi connectivity index (χ4n) is 2.26. The first kappa shape index (κ1) is 15.4. The van der Waals surface area contributed by atoms with Crippen molar-refractivity contribution >= 4 is 17.6 Å². The molecule has 21 heavy (non-hydrogen) atoms. The van der Waals surface area contributed by atoms with Crippen LogP contribution in [0.5, 0.6) is 0 Å². The molecule has 1 aromatic carbocycles. The largest absolute Gasteiger partial charge is 0.478 e. The lowest BCUT2D eigenvalue weighted by Crippen LogP contribution is -2.43. The van der Waals surface area contributed by atoms with Crippen LogP contribution in [0, 0.1) is 5.82 Å². The lowest BCUT2D eigenvalue weighted by Gasteiger charge is -2.29. The Morgan fingerprint density at radius 1 is 1.38 bits per heavy atom. The van der Waals surface area contributed by atoms with E-state index in [2.05, 4.69) is 5.32 Å². The van der Waals surface area contributed by atoms with E-state index in [4.69, 9.17) is 10.8 Å². The first-order valence-electron chi connectivity index (χ1n) is 6.76. The minimum absolute atomic E-state index is 0.0735. The summed E-state index contributed by atoms with van der Waals surface area (Å²) in [6.45, 7) is 1.60. The molecule has 0 spiro atoms. The number of rotatable bonds is 4. The number of anilines is 1. The highest BCUT2D eigenvalue weighted by molar-refractivity contribution is 5.95. The maximum absolute atomic E-state index is 13.6. The van der Waals surface area contributed by atoms with E-state index in [0.29, 0.717) is 0 Å². The lowest BCUT2D eigenvalue weighted by molar-refractivity contribution is -0.117. The molecule has 1 heterocycles. The van der Waals surface area contributed by atoms with E-state index in [1.807, 2.05) is 4.90 Å². The molecule has 0 radical (unpaired) electrons. The van der Waals surface area contributed by atoms with Gasteiger partial charge in [0.05, 0.1) is 17.8 Å². The van der Waals surface area contributed by atoms with E-state index >= 15 is 0 Å². The number of benzene rings is 1. The number of hydrogen-bond donors (Lipinski definition) is 3. The van der Waals surface area contributed by atoms with Gasteiger partial charge >= 0.3 is 5.97 Å². The molecule has 0 aliphatic carbocycles. The number of carbonyl (C=O) groups excluding carboxylic acids is 1. The summed E-state index contributed by atoms with van der Waals surface area (Å²) in [6, 6.07) is 3.47. The summed E-state index contributed by atoms with van der Waals surface area (Å²) in [5.74, 6) is -2.20. The lowest BCUT2D eigenvalue weighted by atomic mass is 10.1. The number of aromatic carboxylic acids is 1. The maximum Gasteiger partial charge on any atom is 0.335 e. The first-order valence-corrected chi connectivity index (χ1v) is 6.76. The van der Waals surface area contributed by atoms with Gasteiger partial charge in [0.1, 0.15) is 5.82 Å². The van der Waals surface area contributed by atoms with Crippen LogP contribution in [-0.2, 0) is 4.79 Å². The Morgan fingerprint density at radius 3 is 2.67 bits per heavy atom. The highest BCUT2D eigenvalue weighted by atomic mass is 19.1. The average molecular weight is 295 g/mol. The van der Waals surface area contributed by atoms with Crippen LogP contribution in [0.1, 0.15) is 23.2 Å². The van der Waals surface area contributed by atoms with Crippen molar-refractivity contribution in [3.8, 4) is 0 Å². The van der Waals surface area contributed by atoms with Crippen LogP contribution in [0.4, 0.5) is 10.1 Å². The third-order valence-corrected chi connectivity index (χ3v) is 3.49. The van der Waals surface area contributed by atoms with Gasteiger partial charge in [-0.15, -0.1) is 0 Å². The highest BCUT2D eigenvalue weighted by Gasteiger charge is 2.19. The SMILES string of the molecule is NC1CCN(CC(=O)Nc2cc(C(=O)O)ccc2F)CC1. The van der Waals surface area contributed by atoms with Gasteiger partial charge in [0.25, 0.3) is 0 Å². The Morgan fingerprint density at radius 2 is 2.05 bits per heavy atom. The Balaban J connectivity index is 1.96. The zero-order valence-electron chi connectivity index (χ0n) is 11.5. The summed E-state index contributed by atoms with van der Waals surface area (Å²) in [5.41, 5.74) is 5.59. The molecule has 1 amide bonds. The summed E-state index contributed by atoms with van der Waals surface area (Å²) in [4.78, 5) is 24.7. The molecule has 0 aromatic heterocycles. The summed E-state index contributed by atoms with van der Waals surface area (Å²) in [7, 11) is 0. The highest BCUT2D eigenvalue weighted by Crippen LogP contribution is 2.16. The molecule has 7 heteroatoms. The van der Waals surface area contributed by atoms with Crippen LogP contribution in [0.2, 0.25) is 0 Å². The Labute approximate surface area is 121 Å². The van der Waals surface area contributed by atoms with Gasteiger partial charge in [-0.05, 0) is 31.0 Å². The van der Waals surface area contributed by atoms with E-state index in [1.54, 1.807) is 0 Å². The van der Waals surface area contributed by atoms with Crippen molar-refractivity contribution in [1.82, 2.24) is 4.90 Å². The fourth-order valence-corrected chi connectivity index (χ4v) is 2.26. The number of carboxylic acids is 1. The number of hydrogen-bond acceptors (Lipinski definition) is 4. The second kappa shape index (κ2) is 6.64. The van der Waals surface area contributed by atoms with Crippen molar-refractivity contribution in [1.29, 1.82) is 0 Å². The minimum Gasteiger partial charge on any atom is -0.478 e. The molecular formula is C14H18FN3O3. The quantitative estimate of drug-likeness (QED) is 0.766. The second-order valence-electron chi connectivity index (χ2n) is 5.16. The first-order chi connectivity index (χ1) is 9.95. The molecule has 1 aliphatic rings. The Kier molecular flexibility index (Phi) is 4.87. The number of nitrogens with two attached hydrogens (primary N) is 1. The maximum atomic E-state index is 13.6. The molecule has 1 aromatic rings. The summed E-state index contributed by atoms with van der Waals surface area (Å²) in [6.07, 6.45) is 1.66. The molecule has 1 saturated heterocycles. The number of likely N-dealkylation sites (tertiary alicyclic amines) is 1. The van der Waals surface area contributed by atoms with Gasteiger partial charge in [-0.1, -0.05) is 0 Å². The molecule has 4 N–H and O–H groups in total. The predicted octanol–water partition coefficient (Wildman–Crippen LogP) is 0.885. The molecule has 0 unspecified atom stereocenters. The minimum atomic E-state index is -1.17. The van der Waals surface area contributed by atoms with Crippen molar-refractivity contribution in [3.63, 3.8) is 0 Å². The number of nitrogens with zero attached hydrogens (tertiary/aromatic N) is 1. The monoisotopic (exact) mass is 295 g/mol. The van der Waals surface area contributed by atoms with Crippen LogP contribution in [0.3, 0.4) is 0 Å². The second-order valence-corrected chi connectivity index (χ2v) is 5.16. The normalized spacial score (nSPS) is 16.7. The number of carbonyl (C=O) groups is 2. The van der Waals surface area contributed by atoms with E-state index in [0.717, 1.165) is 44.1 Å². The van der Waals surface area contributed by atoms with Crippen molar-refractivity contribution < 1.29 is 19.1 Å². The molecule has 0 atom stereocenters. The number of carboxylic acid groups (broad SMARTS) is 1. The molecular weight excluding hydrogens is 277 g/mol. The Hall–Kier alpha value is -1.99. The molecule has 114 valence electrons.